The maximum Gasteiger partial charge on any atom is 0.328 e. The number of urea groups is 1. The molecule has 2 rings (SSSR count). The van der Waals surface area contributed by atoms with Crippen LogP contribution in [-0.2, 0) is 20.7 Å². The van der Waals surface area contributed by atoms with E-state index in [-0.39, 0.29) is 35.4 Å². The first-order chi connectivity index (χ1) is 15.8. The second kappa shape index (κ2) is 15.7. The number of carbonyl (C=O) groups excluding carboxylic acids is 2. The number of nitrogens with one attached hydrogen (secondary N) is 2. The SMILES string of the molecule is Br.NC(N)=NCCCC(/C=C/C(=O)O)NC(=O)C(Cc1ccccc1)NC(=O)N1CCOCC1. The molecule has 1 aromatic rings. The average molecular weight is 541 g/mol. The quantitative estimate of drug-likeness (QED) is 0.117. The molecule has 2 unspecified atom stereocenters. The number of nitrogens with two attached hydrogens (primary N) is 2. The fourth-order valence-corrected chi connectivity index (χ4v) is 3.28. The summed E-state index contributed by atoms with van der Waals surface area (Å²) in [7, 11) is 0. The van der Waals surface area contributed by atoms with E-state index in [4.69, 9.17) is 21.3 Å². The summed E-state index contributed by atoms with van der Waals surface area (Å²) in [4.78, 5) is 42.4. The topological polar surface area (TPSA) is 172 Å². The molecule has 0 spiro atoms. The molecule has 0 saturated carbocycles. The molecule has 0 aliphatic carbocycles. The number of benzene rings is 1. The van der Waals surface area contributed by atoms with Gasteiger partial charge in [0.2, 0.25) is 5.91 Å². The Kier molecular flexibility index (Phi) is 13.3. The minimum absolute atomic E-state index is 0. The van der Waals surface area contributed by atoms with Gasteiger partial charge in [-0.25, -0.2) is 9.59 Å². The van der Waals surface area contributed by atoms with E-state index in [0.29, 0.717) is 45.7 Å². The number of aliphatic carboxylic acids is 1. The Labute approximate surface area is 209 Å². The Morgan fingerprint density at radius 3 is 2.44 bits per heavy atom. The van der Waals surface area contributed by atoms with Crippen molar-refractivity contribution in [3.63, 3.8) is 0 Å². The molecular weight excluding hydrogens is 508 g/mol. The first kappa shape index (κ1) is 28.9. The molecule has 1 aliphatic rings. The number of hydrogen-bond donors (Lipinski definition) is 5. The minimum Gasteiger partial charge on any atom is -0.478 e. The Balaban J connectivity index is 0.00000578. The van der Waals surface area contributed by atoms with Gasteiger partial charge in [-0.15, -0.1) is 17.0 Å². The van der Waals surface area contributed by atoms with Crippen LogP contribution in [0.3, 0.4) is 0 Å². The molecule has 7 N–H and O–H groups in total. The maximum atomic E-state index is 13.1. The molecule has 0 aromatic heterocycles. The van der Waals surface area contributed by atoms with E-state index < -0.39 is 24.0 Å². The van der Waals surface area contributed by atoms with E-state index in [0.717, 1.165) is 11.6 Å². The predicted molar refractivity (Wildman–Crippen MR) is 134 cm³/mol. The zero-order valence-electron chi connectivity index (χ0n) is 18.9. The molecule has 1 aromatic carbocycles. The van der Waals surface area contributed by atoms with Gasteiger partial charge in [-0.05, 0) is 18.4 Å². The zero-order chi connectivity index (χ0) is 24.1. The van der Waals surface area contributed by atoms with Gasteiger partial charge >= 0.3 is 12.0 Å². The minimum atomic E-state index is -1.13. The molecule has 11 nitrogen and oxygen atoms in total. The van der Waals surface area contributed by atoms with Crippen molar-refractivity contribution in [2.45, 2.75) is 31.3 Å². The lowest BCUT2D eigenvalue weighted by Crippen LogP contribution is -2.55. The summed E-state index contributed by atoms with van der Waals surface area (Å²) < 4.78 is 5.28. The van der Waals surface area contributed by atoms with Crippen LogP contribution in [0.4, 0.5) is 4.79 Å². The van der Waals surface area contributed by atoms with Crippen LogP contribution in [0, 0.1) is 0 Å². The van der Waals surface area contributed by atoms with Crippen molar-refractivity contribution in [2.24, 2.45) is 16.5 Å². The van der Waals surface area contributed by atoms with Crippen LogP contribution in [0.5, 0.6) is 0 Å². The molecule has 34 heavy (non-hydrogen) atoms. The Morgan fingerprint density at radius 2 is 1.82 bits per heavy atom. The lowest BCUT2D eigenvalue weighted by molar-refractivity contribution is -0.131. The molecule has 0 radical (unpaired) electrons. The Morgan fingerprint density at radius 1 is 1.15 bits per heavy atom. The van der Waals surface area contributed by atoms with Gasteiger partial charge in [-0.2, -0.15) is 0 Å². The van der Waals surface area contributed by atoms with Crippen LogP contribution in [-0.4, -0.2) is 78.8 Å². The third kappa shape index (κ3) is 11.1. The smallest absolute Gasteiger partial charge is 0.328 e. The van der Waals surface area contributed by atoms with Crippen LogP contribution in [0.1, 0.15) is 18.4 Å². The van der Waals surface area contributed by atoms with Crippen LogP contribution in [0.2, 0.25) is 0 Å². The fraction of sp³-hybridized carbons (Fsp3) is 0.455. The first-order valence-electron chi connectivity index (χ1n) is 10.8. The summed E-state index contributed by atoms with van der Waals surface area (Å²) in [6, 6.07) is 7.57. The zero-order valence-corrected chi connectivity index (χ0v) is 20.6. The molecule has 1 fully saturated rings. The fourth-order valence-electron chi connectivity index (χ4n) is 3.28. The van der Waals surface area contributed by atoms with Gasteiger partial charge in [0.1, 0.15) is 6.04 Å². The van der Waals surface area contributed by atoms with E-state index in [2.05, 4.69) is 15.6 Å². The van der Waals surface area contributed by atoms with E-state index >= 15 is 0 Å². The Hall–Kier alpha value is -3.12. The summed E-state index contributed by atoms with van der Waals surface area (Å²) in [5.74, 6) is -1.58. The number of carboxylic acids is 1. The van der Waals surface area contributed by atoms with Crippen LogP contribution in [0.15, 0.2) is 47.5 Å². The molecule has 1 heterocycles. The summed E-state index contributed by atoms with van der Waals surface area (Å²) in [5.41, 5.74) is 11.5. The van der Waals surface area contributed by atoms with Crippen molar-refractivity contribution < 1.29 is 24.2 Å². The van der Waals surface area contributed by atoms with Gasteiger partial charge in [-0.3, -0.25) is 9.79 Å². The van der Waals surface area contributed by atoms with Gasteiger partial charge in [0.05, 0.1) is 13.2 Å². The highest BCUT2D eigenvalue weighted by molar-refractivity contribution is 8.93. The van der Waals surface area contributed by atoms with Crippen LogP contribution in [0.25, 0.3) is 0 Å². The van der Waals surface area contributed by atoms with Crippen molar-refractivity contribution in [1.82, 2.24) is 15.5 Å². The van der Waals surface area contributed by atoms with Crippen molar-refractivity contribution >= 4 is 40.8 Å². The van der Waals surface area contributed by atoms with E-state index in [1.165, 1.54) is 6.08 Å². The molecule has 2 atom stereocenters. The van der Waals surface area contributed by atoms with Gasteiger partial charge in [-0.1, -0.05) is 36.4 Å². The second-order valence-corrected chi connectivity index (χ2v) is 7.55. The lowest BCUT2D eigenvalue weighted by Gasteiger charge is -2.29. The molecule has 12 heteroatoms. The number of hydrogen-bond acceptors (Lipinski definition) is 5. The molecule has 1 aliphatic heterocycles. The summed E-state index contributed by atoms with van der Waals surface area (Å²) in [6.45, 7) is 2.12. The second-order valence-electron chi connectivity index (χ2n) is 7.55. The van der Waals surface area contributed by atoms with Gasteiger partial charge in [0.15, 0.2) is 5.96 Å². The number of nitrogens with zero attached hydrogens (tertiary/aromatic N) is 2. The molecule has 1 saturated heterocycles. The Bertz CT molecular complexity index is 841. The van der Waals surface area contributed by atoms with Gasteiger partial charge < -0.3 is 36.8 Å². The number of carboxylic acid groups (broad SMARTS) is 1. The number of morpholine rings is 1. The number of amides is 3. The normalized spacial score (nSPS) is 15.0. The standard InChI is InChI=1S/C22H32N6O5.BrH/c23-21(24)25-10-4-7-17(8-9-19(29)30)26-20(31)18(15-16-5-2-1-3-6-16)27-22(32)28-11-13-33-14-12-28;/h1-3,5-6,8-9,17-18H,4,7,10-15H2,(H,26,31)(H,27,32)(H,29,30)(H4,23,24,25);1H/b9-8+;. The van der Waals surface area contributed by atoms with Crippen molar-refractivity contribution in [2.75, 3.05) is 32.8 Å². The lowest BCUT2D eigenvalue weighted by atomic mass is 10.0. The van der Waals surface area contributed by atoms with Crippen molar-refractivity contribution in [1.29, 1.82) is 0 Å². The highest BCUT2D eigenvalue weighted by atomic mass is 79.9. The summed E-state index contributed by atoms with van der Waals surface area (Å²) in [5, 5.41) is 14.6. The highest BCUT2D eigenvalue weighted by Crippen LogP contribution is 2.07. The molecule has 0 bridgehead atoms. The van der Waals surface area contributed by atoms with Gasteiger partial charge in [0.25, 0.3) is 0 Å². The predicted octanol–water partition coefficient (Wildman–Crippen LogP) is 0.397. The number of guanidine groups is 1. The third-order valence-electron chi connectivity index (χ3n) is 4.96. The maximum absolute atomic E-state index is 13.1. The van der Waals surface area contributed by atoms with Crippen LogP contribution >= 0.6 is 17.0 Å². The molecule has 3 amide bonds. The number of rotatable bonds is 11. The van der Waals surface area contributed by atoms with E-state index in [1.807, 2.05) is 30.3 Å². The number of aliphatic imine (C=N–C) groups is 1. The average Bonchev–Trinajstić information content (AvgIpc) is 2.80. The summed E-state index contributed by atoms with van der Waals surface area (Å²) in [6.07, 6.45) is 3.60. The van der Waals surface area contributed by atoms with E-state index in [9.17, 15) is 14.4 Å². The van der Waals surface area contributed by atoms with E-state index in [1.54, 1.807) is 4.90 Å². The molecule has 188 valence electrons. The molecular formula is C22H33BrN6O5. The highest BCUT2D eigenvalue weighted by Gasteiger charge is 2.26. The first-order valence-corrected chi connectivity index (χ1v) is 10.8. The largest absolute Gasteiger partial charge is 0.478 e. The number of ether oxygens (including phenoxy) is 1. The van der Waals surface area contributed by atoms with Crippen molar-refractivity contribution in [3.8, 4) is 0 Å². The van der Waals surface area contributed by atoms with Crippen molar-refractivity contribution in [3.05, 3.63) is 48.0 Å². The van der Waals surface area contributed by atoms with Crippen LogP contribution < -0.4 is 22.1 Å². The van der Waals surface area contributed by atoms with Gasteiger partial charge in [0, 0.05) is 38.2 Å². The third-order valence-corrected chi connectivity index (χ3v) is 4.96. The monoisotopic (exact) mass is 540 g/mol. The summed E-state index contributed by atoms with van der Waals surface area (Å²) >= 11 is 0. The number of carbonyl (C=O) groups is 3. The number of halogens is 1.